The van der Waals surface area contributed by atoms with Crippen LogP contribution in [0.15, 0.2) is 54.6 Å². The molecule has 0 aliphatic heterocycles. The highest BCUT2D eigenvalue weighted by Gasteiger charge is 2.11. The molecule has 0 radical (unpaired) electrons. The van der Waals surface area contributed by atoms with Crippen molar-refractivity contribution in [2.75, 3.05) is 20.9 Å². The second-order valence-electron chi connectivity index (χ2n) is 7.93. The van der Waals surface area contributed by atoms with E-state index in [1.165, 1.54) is 37.3 Å². The Morgan fingerprint density at radius 2 is 1.03 bits per heavy atom. The molecule has 0 aliphatic rings. The Morgan fingerprint density at radius 3 is 1.38 bits per heavy atom. The maximum Gasteiger partial charge on any atom is 0.296 e. The van der Waals surface area contributed by atoms with Gasteiger partial charge in [0.15, 0.2) is 0 Å². The van der Waals surface area contributed by atoms with Gasteiger partial charge in [0.25, 0.3) is 31.8 Å². The van der Waals surface area contributed by atoms with Crippen molar-refractivity contribution in [2.24, 2.45) is 10.3 Å². The van der Waals surface area contributed by atoms with Crippen LogP contribution in [0.5, 0.6) is 0 Å². The van der Waals surface area contributed by atoms with Gasteiger partial charge in [-0.2, -0.15) is 16.8 Å². The quantitative estimate of drug-likeness (QED) is 0.139. The number of nitrogens with zero attached hydrogens (tertiary/aromatic N) is 2. The summed E-state index contributed by atoms with van der Waals surface area (Å²) < 4.78 is 46.8. The van der Waals surface area contributed by atoms with Crippen molar-refractivity contribution in [3.63, 3.8) is 0 Å². The first-order valence-electron chi connectivity index (χ1n) is 10.5. The zero-order valence-corrected chi connectivity index (χ0v) is 22.6. The summed E-state index contributed by atoms with van der Waals surface area (Å²) in [5.74, 6) is 0. The van der Waals surface area contributed by atoms with Crippen molar-refractivity contribution in [1.82, 2.24) is 0 Å². The van der Waals surface area contributed by atoms with Gasteiger partial charge in [0, 0.05) is 34.6 Å². The lowest BCUT2D eigenvalue weighted by Gasteiger charge is -2.05. The van der Waals surface area contributed by atoms with Gasteiger partial charge in [-0.3, -0.25) is 29.7 Å². The number of benzene rings is 3. The summed E-state index contributed by atoms with van der Waals surface area (Å²) in [6, 6.07) is 13.1. The molecule has 0 saturated carbocycles. The lowest BCUT2D eigenvalue weighted by atomic mass is 10.2. The SMILES string of the molecule is Cc1cc(N)ccc1[N+](=O)[O-].Cc1cc(NS(N)(=O)=O)ccc1N.Cc1cc(NS(N)(=O)=O)ccc1[N+](=O)[O-]. The molecule has 212 valence electrons. The number of anilines is 4. The van der Waals surface area contributed by atoms with E-state index >= 15 is 0 Å². The van der Waals surface area contributed by atoms with E-state index in [0.29, 0.717) is 28.2 Å². The molecule has 3 aromatic carbocycles. The minimum Gasteiger partial charge on any atom is -0.399 e. The predicted octanol–water partition coefficient (Wildman–Crippen LogP) is 2.20. The normalized spacial score (nSPS) is 10.7. The van der Waals surface area contributed by atoms with Crippen LogP contribution in [-0.2, 0) is 20.4 Å². The second-order valence-corrected chi connectivity index (χ2v) is 10.5. The fraction of sp³-hybridized carbons (Fsp3) is 0.143. The van der Waals surface area contributed by atoms with Crippen molar-refractivity contribution in [1.29, 1.82) is 0 Å². The molecule has 0 unspecified atom stereocenters. The third-order valence-electron chi connectivity index (χ3n) is 4.60. The van der Waals surface area contributed by atoms with Crippen LogP contribution in [0.3, 0.4) is 0 Å². The summed E-state index contributed by atoms with van der Waals surface area (Å²) in [5, 5.41) is 30.3. The Kier molecular flexibility index (Phi) is 11.1. The summed E-state index contributed by atoms with van der Waals surface area (Å²) in [7, 11) is -7.54. The fourth-order valence-corrected chi connectivity index (χ4v) is 3.79. The Hall–Kier alpha value is -4.52. The molecule has 0 saturated heterocycles. The van der Waals surface area contributed by atoms with E-state index in [9.17, 15) is 37.1 Å². The number of hydrogen-bond donors (Lipinski definition) is 6. The van der Waals surface area contributed by atoms with E-state index in [1.54, 1.807) is 38.1 Å². The summed E-state index contributed by atoms with van der Waals surface area (Å²) in [5.41, 5.74) is 14.5. The highest BCUT2D eigenvalue weighted by molar-refractivity contribution is 7.90. The molecular formula is C21H28N8O8S2. The Morgan fingerprint density at radius 1 is 0.641 bits per heavy atom. The van der Waals surface area contributed by atoms with Gasteiger partial charge in [-0.1, -0.05) is 0 Å². The molecular weight excluding hydrogens is 556 g/mol. The molecule has 10 N–H and O–H groups in total. The van der Waals surface area contributed by atoms with Crippen molar-refractivity contribution >= 4 is 54.5 Å². The number of nitro groups is 2. The van der Waals surface area contributed by atoms with Gasteiger partial charge in [0.1, 0.15) is 0 Å². The molecule has 3 rings (SSSR count). The number of nitrogens with one attached hydrogen (secondary N) is 2. The Bertz CT molecular complexity index is 1580. The Labute approximate surface area is 224 Å². The van der Waals surface area contributed by atoms with Crippen LogP contribution >= 0.6 is 0 Å². The second kappa shape index (κ2) is 13.3. The molecule has 0 heterocycles. The predicted molar refractivity (Wildman–Crippen MR) is 149 cm³/mol. The van der Waals surface area contributed by atoms with E-state index < -0.39 is 30.3 Å². The number of rotatable bonds is 6. The molecule has 18 heteroatoms. The molecule has 0 aliphatic carbocycles. The van der Waals surface area contributed by atoms with Crippen LogP contribution in [0.25, 0.3) is 0 Å². The number of aryl methyl sites for hydroxylation is 3. The van der Waals surface area contributed by atoms with Crippen LogP contribution in [0, 0.1) is 41.0 Å². The van der Waals surface area contributed by atoms with Crippen molar-refractivity contribution in [2.45, 2.75) is 20.8 Å². The highest BCUT2D eigenvalue weighted by atomic mass is 32.2. The molecule has 0 fully saturated rings. The van der Waals surface area contributed by atoms with Crippen LogP contribution in [0.1, 0.15) is 16.7 Å². The third-order valence-corrected chi connectivity index (χ3v) is 5.64. The average molecular weight is 585 g/mol. The van der Waals surface area contributed by atoms with Crippen LogP contribution in [0.4, 0.5) is 34.1 Å². The standard InChI is InChI=1S/C7H9N3O4S.C7H11N3O2S.C7H8N2O2/c1-5-4-6(9-15(8,13)14)2-3-7(5)10(11)12;1-5-4-6(2-3-7(5)8)10-13(9,11)12;1-5-4-6(8)2-3-7(5)9(10)11/h2-4,9H,1H3,(H2,8,13,14);2-4,10H,8H2,1H3,(H2,9,11,12);2-4H,8H2,1H3. The largest absolute Gasteiger partial charge is 0.399 e. The first kappa shape index (κ1) is 32.5. The molecule has 16 nitrogen and oxygen atoms in total. The lowest BCUT2D eigenvalue weighted by Crippen LogP contribution is -2.21. The van der Waals surface area contributed by atoms with Crippen molar-refractivity contribution < 1.29 is 26.7 Å². The van der Waals surface area contributed by atoms with E-state index in [-0.39, 0.29) is 17.1 Å². The highest BCUT2D eigenvalue weighted by Crippen LogP contribution is 2.22. The molecule has 39 heavy (non-hydrogen) atoms. The monoisotopic (exact) mass is 584 g/mol. The smallest absolute Gasteiger partial charge is 0.296 e. The number of hydrogen-bond acceptors (Lipinski definition) is 10. The van der Waals surface area contributed by atoms with Crippen molar-refractivity contribution in [3.8, 4) is 0 Å². The zero-order valence-electron chi connectivity index (χ0n) is 21.0. The van der Waals surface area contributed by atoms with Gasteiger partial charge in [-0.05, 0) is 68.8 Å². The van der Waals surface area contributed by atoms with Gasteiger partial charge < -0.3 is 11.5 Å². The molecule has 0 spiro atoms. The number of nitrogens with two attached hydrogens (primary N) is 4. The van der Waals surface area contributed by atoms with Gasteiger partial charge in [0.2, 0.25) is 0 Å². The molecule has 0 atom stereocenters. The maximum atomic E-state index is 10.7. The van der Waals surface area contributed by atoms with Crippen LogP contribution in [-0.4, -0.2) is 26.7 Å². The fourth-order valence-electron chi connectivity index (χ4n) is 2.88. The van der Waals surface area contributed by atoms with Gasteiger partial charge in [0.05, 0.1) is 21.2 Å². The minimum absolute atomic E-state index is 0.0741. The molecule has 0 aromatic heterocycles. The van der Waals surface area contributed by atoms with Crippen molar-refractivity contribution in [3.05, 3.63) is 91.5 Å². The van der Waals surface area contributed by atoms with E-state index in [1.807, 2.05) is 4.72 Å². The minimum atomic E-state index is -3.85. The topological polar surface area (TPSA) is 283 Å². The molecule has 0 bridgehead atoms. The summed E-state index contributed by atoms with van der Waals surface area (Å²) in [6.45, 7) is 4.95. The number of nitro benzene ring substituents is 2. The first-order chi connectivity index (χ1) is 17.8. The van der Waals surface area contributed by atoms with Crippen LogP contribution in [0.2, 0.25) is 0 Å². The zero-order chi connectivity index (χ0) is 30.1. The molecule has 3 aromatic rings. The Balaban J connectivity index is 0.000000296. The van der Waals surface area contributed by atoms with E-state index in [2.05, 4.69) is 4.72 Å². The van der Waals surface area contributed by atoms with Gasteiger partial charge in [-0.15, -0.1) is 0 Å². The summed E-state index contributed by atoms with van der Waals surface area (Å²) in [6.07, 6.45) is 0. The maximum absolute atomic E-state index is 10.7. The van der Waals surface area contributed by atoms with Gasteiger partial charge in [-0.25, -0.2) is 10.3 Å². The molecule has 0 amide bonds. The van der Waals surface area contributed by atoms with E-state index in [4.69, 9.17) is 21.7 Å². The summed E-state index contributed by atoms with van der Waals surface area (Å²) >= 11 is 0. The lowest BCUT2D eigenvalue weighted by molar-refractivity contribution is -0.385. The van der Waals surface area contributed by atoms with Crippen LogP contribution < -0.4 is 31.2 Å². The van der Waals surface area contributed by atoms with E-state index in [0.717, 1.165) is 5.56 Å². The first-order valence-corrected chi connectivity index (χ1v) is 13.6. The summed E-state index contributed by atoms with van der Waals surface area (Å²) in [4.78, 5) is 19.8. The number of nitrogen functional groups attached to an aromatic ring is 2. The van der Waals surface area contributed by atoms with Gasteiger partial charge >= 0.3 is 0 Å². The third kappa shape index (κ3) is 12.0. The average Bonchev–Trinajstić information content (AvgIpc) is 2.74.